The Morgan fingerprint density at radius 2 is 1.86 bits per heavy atom. The van der Waals surface area contributed by atoms with Gasteiger partial charge < -0.3 is 10.6 Å². The Kier molecular flexibility index (Phi) is 4.65. The summed E-state index contributed by atoms with van der Waals surface area (Å²) < 4.78 is 1.63. The lowest BCUT2D eigenvalue weighted by Gasteiger charge is -2.28. The Balaban J connectivity index is 1.83. The first kappa shape index (κ1) is 17.9. The molecule has 8 heteroatoms. The van der Waals surface area contributed by atoms with E-state index in [0.717, 1.165) is 43.1 Å². The summed E-state index contributed by atoms with van der Waals surface area (Å²) in [5.41, 5.74) is 9.11. The highest BCUT2D eigenvalue weighted by molar-refractivity contribution is 5.71. The van der Waals surface area contributed by atoms with Crippen molar-refractivity contribution in [1.29, 1.82) is 5.26 Å². The summed E-state index contributed by atoms with van der Waals surface area (Å²) in [7, 11) is 0. The summed E-state index contributed by atoms with van der Waals surface area (Å²) in [6.07, 6.45) is 3.58. The van der Waals surface area contributed by atoms with E-state index in [9.17, 15) is 5.26 Å². The second-order valence-electron chi connectivity index (χ2n) is 7.01. The molecule has 1 aliphatic rings. The van der Waals surface area contributed by atoms with Crippen LogP contribution in [0.25, 0.3) is 17.3 Å². The van der Waals surface area contributed by atoms with Gasteiger partial charge in [0.2, 0.25) is 0 Å². The number of anilines is 2. The summed E-state index contributed by atoms with van der Waals surface area (Å²) in [4.78, 5) is 16.0. The topological polar surface area (TPSA) is 110 Å². The highest BCUT2D eigenvalue weighted by Gasteiger charge is 2.19. The lowest BCUT2D eigenvalue weighted by atomic mass is 10.1. The van der Waals surface area contributed by atoms with Crippen LogP contribution in [0.1, 0.15) is 36.2 Å². The molecule has 3 aromatic heterocycles. The first-order valence-corrected chi connectivity index (χ1v) is 9.40. The van der Waals surface area contributed by atoms with Crippen LogP contribution in [-0.2, 0) is 0 Å². The van der Waals surface area contributed by atoms with Crippen molar-refractivity contribution < 1.29 is 0 Å². The summed E-state index contributed by atoms with van der Waals surface area (Å²) in [5.74, 6) is 1.36. The fourth-order valence-corrected chi connectivity index (χ4v) is 3.54. The van der Waals surface area contributed by atoms with E-state index in [2.05, 4.69) is 26.0 Å². The Bertz CT molecular complexity index is 1060. The van der Waals surface area contributed by atoms with Gasteiger partial charge in [-0.2, -0.15) is 15.3 Å². The molecule has 1 aliphatic heterocycles. The number of nitrogens with two attached hydrogens (primary N) is 1. The number of pyridine rings is 1. The lowest BCUT2D eigenvalue weighted by Crippen LogP contribution is -2.30. The number of nitrogens with zero attached hydrogens (tertiary/aromatic N) is 7. The molecular weight excluding hydrogens is 352 g/mol. The molecule has 0 bridgehead atoms. The fourth-order valence-electron chi connectivity index (χ4n) is 3.54. The highest BCUT2D eigenvalue weighted by Crippen LogP contribution is 2.27. The van der Waals surface area contributed by atoms with Crippen LogP contribution >= 0.6 is 0 Å². The minimum atomic E-state index is 0.125. The van der Waals surface area contributed by atoms with E-state index < -0.39 is 0 Å². The maximum Gasteiger partial charge on any atom is 0.253 e. The van der Waals surface area contributed by atoms with Crippen molar-refractivity contribution in [3.8, 4) is 23.4 Å². The monoisotopic (exact) mass is 374 g/mol. The average Bonchev–Trinajstić information content (AvgIpc) is 3.06. The summed E-state index contributed by atoms with van der Waals surface area (Å²) in [6.45, 7) is 5.81. The molecular formula is C20H22N8. The van der Waals surface area contributed by atoms with Crippen LogP contribution < -0.4 is 10.6 Å². The van der Waals surface area contributed by atoms with E-state index in [1.54, 1.807) is 4.68 Å². The number of hydrogen-bond acceptors (Lipinski definition) is 7. The van der Waals surface area contributed by atoms with Crippen molar-refractivity contribution in [1.82, 2.24) is 24.7 Å². The molecule has 0 aliphatic carbocycles. The van der Waals surface area contributed by atoms with Crippen molar-refractivity contribution in [2.45, 2.75) is 33.1 Å². The zero-order valence-corrected chi connectivity index (χ0v) is 16.1. The predicted octanol–water partition coefficient (Wildman–Crippen LogP) is 2.79. The normalized spacial score (nSPS) is 14.1. The molecule has 3 aromatic rings. The van der Waals surface area contributed by atoms with Crippen LogP contribution in [0.2, 0.25) is 0 Å². The van der Waals surface area contributed by atoms with Crippen molar-refractivity contribution in [2.24, 2.45) is 0 Å². The first-order chi connectivity index (χ1) is 13.6. The molecule has 0 aromatic carbocycles. The molecule has 2 N–H and O–H groups in total. The standard InChI is InChI=1S/C20H22N8/c1-13-11-14(2)28(26-13)20-24-18(15(12-21)19(22)25-20)16-7-6-8-17(23-16)27-9-4-3-5-10-27/h6-8,11H,3-5,9-10H2,1-2H3,(H2,22,24,25). The summed E-state index contributed by atoms with van der Waals surface area (Å²) in [6, 6.07) is 9.84. The smallest absolute Gasteiger partial charge is 0.253 e. The fraction of sp³-hybridized carbons (Fsp3) is 0.350. The highest BCUT2D eigenvalue weighted by atomic mass is 15.4. The Hall–Kier alpha value is -3.47. The average molecular weight is 374 g/mol. The molecule has 0 unspecified atom stereocenters. The second kappa shape index (κ2) is 7.27. The minimum Gasteiger partial charge on any atom is -0.382 e. The molecule has 0 spiro atoms. The van der Waals surface area contributed by atoms with Crippen LogP contribution in [0, 0.1) is 25.2 Å². The van der Waals surface area contributed by atoms with Gasteiger partial charge in [0.05, 0.1) is 11.4 Å². The summed E-state index contributed by atoms with van der Waals surface area (Å²) >= 11 is 0. The second-order valence-corrected chi connectivity index (χ2v) is 7.01. The van der Waals surface area contributed by atoms with Crippen molar-refractivity contribution in [2.75, 3.05) is 23.7 Å². The van der Waals surface area contributed by atoms with Gasteiger partial charge in [-0.15, -0.1) is 0 Å². The number of nitriles is 1. The number of aromatic nitrogens is 5. The van der Waals surface area contributed by atoms with E-state index in [-0.39, 0.29) is 11.4 Å². The van der Waals surface area contributed by atoms with E-state index in [0.29, 0.717) is 17.3 Å². The molecule has 28 heavy (non-hydrogen) atoms. The molecule has 0 amide bonds. The van der Waals surface area contributed by atoms with Crippen LogP contribution in [-0.4, -0.2) is 37.8 Å². The predicted molar refractivity (Wildman–Crippen MR) is 107 cm³/mol. The molecule has 0 radical (unpaired) electrons. The van der Waals surface area contributed by atoms with Gasteiger partial charge in [-0.05, 0) is 51.3 Å². The summed E-state index contributed by atoms with van der Waals surface area (Å²) in [5, 5.41) is 14.1. The van der Waals surface area contributed by atoms with Crippen LogP contribution in [0.5, 0.6) is 0 Å². The van der Waals surface area contributed by atoms with Gasteiger partial charge in [0, 0.05) is 18.8 Å². The third kappa shape index (κ3) is 3.27. The van der Waals surface area contributed by atoms with E-state index in [4.69, 9.17) is 10.7 Å². The molecule has 0 atom stereocenters. The van der Waals surface area contributed by atoms with Gasteiger partial charge in [0.15, 0.2) is 0 Å². The molecule has 0 saturated carbocycles. The van der Waals surface area contributed by atoms with Gasteiger partial charge in [0.1, 0.15) is 29.0 Å². The van der Waals surface area contributed by atoms with Crippen molar-refractivity contribution >= 4 is 11.6 Å². The number of hydrogen-bond donors (Lipinski definition) is 1. The van der Waals surface area contributed by atoms with Gasteiger partial charge in [-0.3, -0.25) is 0 Å². The van der Waals surface area contributed by atoms with Gasteiger partial charge in [-0.1, -0.05) is 6.07 Å². The Morgan fingerprint density at radius 3 is 2.54 bits per heavy atom. The maximum atomic E-state index is 9.63. The van der Waals surface area contributed by atoms with Gasteiger partial charge in [0.25, 0.3) is 5.95 Å². The maximum absolute atomic E-state index is 9.63. The number of nitrogen functional groups attached to an aromatic ring is 1. The number of piperidine rings is 1. The molecule has 8 nitrogen and oxygen atoms in total. The molecule has 4 heterocycles. The molecule has 1 fully saturated rings. The molecule has 1 saturated heterocycles. The van der Waals surface area contributed by atoms with Crippen molar-refractivity contribution in [3.05, 3.63) is 41.2 Å². The molecule has 142 valence electrons. The Morgan fingerprint density at radius 1 is 1.07 bits per heavy atom. The van der Waals surface area contributed by atoms with Crippen LogP contribution in [0.3, 0.4) is 0 Å². The van der Waals surface area contributed by atoms with Crippen LogP contribution in [0.4, 0.5) is 11.6 Å². The third-order valence-corrected chi connectivity index (χ3v) is 4.89. The van der Waals surface area contributed by atoms with E-state index in [1.165, 1.54) is 6.42 Å². The largest absolute Gasteiger partial charge is 0.382 e. The van der Waals surface area contributed by atoms with Crippen LogP contribution in [0.15, 0.2) is 24.3 Å². The number of rotatable bonds is 3. The zero-order valence-electron chi connectivity index (χ0n) is 16.1. The quantitative estimate of drug-likeness (QED) is 0.750. The molecule has 4 rings (SSSR count). The van der Waals surface area contributed by atoms with E-state index >= 15 is 0 Å². The third-order valence-electron chi connectivity index (χ3n) is 4.89. The van der Waals surface area contributed by atoms with E-state index in [1.807, 2.05) is 38.1 Å². The van der Waals surface area contributed by atoms with Crippen molar-refractivity contribution in [3.63, 3.8) is 0 Å². The zero-order chi connectivity index (χ0) is 19.7. The minimum absolute atomic E-state index is 0.125. The van der Waals surface area contributed by atoms with Gasteiger partial charge in [-0.25, -0.2) is 14.6 Å². The lowest BCUT2D eigenvalue weighted by molar-refractivity contribution is 0.573. The SMILES string of the molecule is Cc1cc(C)n(-c2nc(N)c(C#N)c(-c3cccc(N4CCCCC4)n3)n2)n1. The first-order valence-electron chi connectivity index (χ1n) is 9.40. The van der Waals surface area contributed by atoms with Gasteiger partial charge >= 0.3 is 0 Å². The Labute approximate surface area is 163 Å². The number of aryl methyl sites for hydroxylation is 2.